The van der Waals surface area contributed by atoms with Gasteiger partial charge in [0.25, 0.3) is 0 Å². The van der Waals surface area contributed by atoms with Crippen LogP contribution in [0.2, 0.25) is 0 Å². The summed E-state index contributed by atoms with van der Waals surface area (Å²) in [6.45, 7) is 0. The maximum atomic E-state index is 5.29. The lowest BCUT2D eigenvalue weighted by molar-refractivity contribution is 1.28. The fourth-order valence-electron chi connectivity index (χ4n) is 8.23. The number of aromatic nitrogens is 3. The van der Waals surface area contributed by atoms with Crippen LogP contribution in [0, 0.1) is 0 Å². The molecule has 0 spiro atoms. The van der Waals surface area contributed by atoms with Crippen LogP contribution in [0.5, 0.6) is 0 Å². The normalized spacial score (nSPS) is 11.5. The van der Waals surface area contributed by atoms with E-state index >= 15 is 0 Å². The molecule has 0 aliphatic carbocycles. The van der Waals surface area contributed by atoms with Crippen LogP contribution in [-0.2, 0) is 0 Å². The van der Waals surface area contributed by atoms with Crippen LogP contribution in [0.3, 0.4) is 0 Å². The molecule has 0 amide bonds. The van der Waals surface area contributed by atoms with Crippen LogP contribution in [0.15, 0.2) is 206 Å². The minimum atomic E-state index is 0.907. The summed E-state index contributed by atoms with van der Waals surface area (Å²) in [7, 11) is 0. The molecule has 0 fully saturated rings. The number of rotatable bonds is 6. The Balaban J connectivity index is 1.02. The molecular formula is C53H34N4. The van der Waals surface area contributed by atoms with E-state index in [1.54, 1.807) is 0 Å². The molecule has 266 valence electrons. The van der Waals surface area contributed by atoms with Gasteiger partial charge in [-0.1, -0.05) is 146 Å². The fraction of sp³-hybridized carbons (Fsp3) is 0. The number of hydrogen-bond acceptors (Lipinski definition) is 4. The molecule has 0 atom stereocenters. The lowest BCUT2D eigenvalue weighted by atomic mass is 9.94. The maximum Gasteiger partial charge on any atom is 0.0972 e. The van der Waals surface area contributed by atoms with Gasteiger partial charge in [0.2, 0.25) is 0 Å². The second-order valence-corrected chi connectivity index (χ2v) is 14.4. The molecule has 0 aliphatic heterocycles. The van der Waals surface area contributed by atoms with Crippen molar-refractivity contribution in [3.63, 3.8) is 0 Å². The van der Waals surface area contributed by atoms with E-state index < -0.39 is 0 Å². The first kappa shape index (κ1) is 32.7. The Hall–Kier alpha value is -7.69. The van der Waals surface area contributed by atoms with Gasteiger partial charge in [0.1, 0.15) is 0 Å². The zero-order valence-corrected chi connectivity index (χ0v) is 30.9. The Bertz CT molecular complexity index is 3230. The van der Waals surface area contributed by atoms with Crippen molar-refractivity contribution in [1.82, 2.24) is 15.0 Å². The van der Waals surface area contributed by atoms with Gasteiger partial charge < -0.3 is 4.90 Å². The molecule has 4 nitrogen and oxygen atoms in total. The largest absolute Gasteiger partial charge is 0.311 e. The molecule has 0 bridgehead atoms. The molecular weight excluding hydrogens is 693 g/mol. The lowest BCUT2D eigenvalue weighted by Gasteiger charge is -2.25. The van der Waals surface area contributed by atoms with Crippen LogP contribution in [0.25, 0.3) is 88.0 Å². The highest BCUT2D eigenvalue weighted by molar-refractivity contribution is 6.22. The molecule has 0 N–H and O–H groups in total. The summed E-state index contributed by atoms with van der Waals surface area (Å²) in [5.74, 6) is 0. The summed E-state index contributed by atoms with van der Waals surface area (Å²) in [5.41, 5.74) is 12.2. The number of fused-ring (bicyclic) bond motifs is 8. The van der Waals surface area contributed by atoms with Crippen molar-refractivity contribution in [2.45, 2.75) is 0 Å². The van der Waals surface area contributed by atoms with E-state index in [0.29, 0.717) is 0 Å². The summed E-state index contributed by atoms with van der Waals surface area (Å²) in [6.07, 6.45) is 0. The summed E-state index contributed by atoms with van der Waals surface area (Å²) in [5, 5.41) is 7.96. The van der Waals surface area contributed by atoms with E-state index in [0.717, 1.165) is 94.3 Å². The van der Waals surface area contributed by atoms with Crippen molar-refractivity contribution in [3.8, 4) is 33.8 Å². The van der Waals surface area contributed by atoms with E-state index in [4.69, 9.17) is 15.0 Å². The SMILES string of the molecule is c1ccc(-c2ccc3ccc4ccc(-c5ccc6c(ccc7c(-c8ccc(N(c9ccccc9)c9ccccc9)cc8)nc8ccccc8c76)c5)nc4c3n2)cc1. The zero-order valence-electron chi connectivity index (χ0n) is 30.9. The third-order valence-corrected chi connectivity index (χ3v) is 11.0. The Morgan fingerprint density at radius 1 is 0.316 bits per heavy atom. The van der Waals surface area contributed by atoms with Crippen molar-refractivity contribution < 1.29 is 0 Å². The van der Waals surface area contributed by atoms with Gasteiger partial charge in [0, 0.05) is 60.7 Å². The molecule has 3 heterocycles. The molecule has 8 aromatic carbocycles. The first-order valence-electron chi connectivity index (χ1n) is 19.3. The first-order valence-corrected chi connectivity index (χ1v) is 19.3. The van der Waals surface area contributed by atoms with Crippen LogP contribution >= 0.6 is 0 Å². The van der Waals surface area contributed by atoms with Crippen LogP contribution in [-0.4, -0.2) is 15.0 Å². The second kappa shape index (κ2) is 13.6. The van der Waals surface area contributed by atoms with E-state index in [-0.39, 0.29) is 0 Å². The predicted octanol–water partition coefficient (Wildman–Crippen LogP) is 14.1. The van der Waals surface area contributed by atoms with Crippen molar-refractivity contribution in [2.75, 3.05) is 4.90 Å². The smallest absolute Gasteiger partial charge is 0.0972 e. The Morgan fingerprint density at radius 2 is 0.825 bits per heavy atom. The van der Waals surface area contributed by atoms with E-state index in [1.165, 1.54) is 10.8 Å². The Morgan fingerprint density at radius 3 is 1.49 bits per heavy atom. The molecule has 0 aliphatic rings. The molecule has 0 saturated heterocycles. The number of nitrogens with zero attached hydrogens (tertiary/aromatic N) is 4. The van der Waals surface area contributed by atoms with Gasteiger partial charge in [-0.3, -0.25) is 0 Å². The number of hydrogen-bond donors (Lipinski definition) is 0. The molecule has 57 heavy (non-hydrogen) atoms. The van der Waals surface area contributed by atoms with E-state index in [2.05, 4.69) is 193 Å². The van der Waals surface area contributed by atoms with Gasteiger partial charge in [-0.25, -0.2) is 15.0 Å². The molecule has 3 aromatic heterocycles. The number of para-hydroxylation sites is 3. The summed E-state index contributed by atoms with van der Waals surface area (Å²) in [6, 6.07) is 72.6. The van der Waals surface area contributed by atoms with Gasteiger partial charge in [-0.05, 0) is 71.4 Å². The molecule has 0 saturated carbocycles. The van der Waals surface area contributed by atoms with Gasteiger partial charge in [0.05, 0.1) is 33.6 Å². The van der Waals surface area contributed by atoms with Crippen molar-refractivity contribution in [3.05, 3.63) is 206 Å². The minimum absolute atomic E-state index is 0.907. The highest BCUT2D eigenvalue weighted by Crippen LogP contribution is 2.40. The fourth-order valence-corrected chi connectivity index (χ4v) is 8.23. The van der Waals surface area contributed by atoms with Crippen molar-refractivity contribution in [1.29, 1.82) is 0 Å². The predicted molar refractivity (Wildman–Crippen MR) is 238 cm³/mol. The molecule has 11 aromatic rings. The summed E-state index contributed by atoms with van der Waals surface area (Å²) in [4.78, 5) is 18.0. The topological polar surface area (TPSA) is 41.9 Å². The lowest BCUT2D eigenvalue weighted by Crippen LogP contribution is -2.09. The van der Waals surface area contributed by atoms with E-state index in [1.807, 2.05) is 18.2 Å². The van der Waals surface area contributed by atoms with Gasteiger partial charge in [-0.15, -0.1) is 0 Å². The third-order valence-electron chi connectivity index (χ3n) is 11.0. The molecule has 0 unspecified atom stereocenters. The van der Waals surface area contributed by atoms with E-state index in [9.17, 15) is 0 Å². The van der Waals surface area contributed by atoms with Crippen LogP contribution in [0.1, 0.15) is 0 Å². The second-order valence-electron chi connectivity index (χ2n) is 14.4. The van der Waals surface area contributed by atoms with Crippen LogP contribution < -0.4 is 4.90 Å². The maximum absolute atomic E-state index is 5.29. The highest BCUT2D eigenvalue weighted by Gasteiger charge is 2.17. The number of anilines is 3. The molecule has 11 rings (SSSR count). The average molecular weight is 727 g/mol. The highest BCUT2D eigenvalue weighted by atomic mass is 15.1. The number of benzene rings is 8. The Kier molecular flexibility index (Phi) is 7.78. The monoisotopic (exact) mass is 726 g/mol. The minimum Gasteiger partial charge on any atom is -0.311 e. The molecule has 4 heteroatoms. The summed E-state index contributed by atoms with van der Waals surface area (Å²) < 4.78 is 0. The summed E-state index contributed by atoms with van der Waals surface area (Å²) >= 11 is 0. The quantitative estimate of drug-likeness (QED) is 0.160. The average Bonchev–Trinajstić information content (AvgIpc) is 3.29. The standard InChI is InChI=1S/C53H34N4/c1-4-12-35(13-5-1)47-32-26-37-20-21-38-27-33-48(55-53(38)52(37)54-47)40-25-30-44-39(34-40)24-31-46-50(44)45-18-10-11-19-49(45)56-51(46)36-22-28-43(29-23-36)57(41-14-6-2-7-15-41)42-16-8-3-9-17-42/h1-34H. The van der Waals surface area contributed by atoms with Crippen molar-refractivity contribution in [2.24, 2.45) is 0 Å². The molecule has 0 radical (unpaired) electrons. The first-order chi connectivity index (χ1) is 28.2. The van der Waals surface area contributed by atoms with Gasteiger partial charge in [-0.2, -0.15) is 0 Å². The third kappa shape index (κ3) is 5.74. The van der Waals surface area contributed by atoms with Gasteiger partial charge in [0.15, 0.2) is 0 Å². The zero-order chi connectivity index (χ0) is 37.7. The van der Waals surface area contributed by atoms with Crippen LogP contribution in [0.4, 0.5) is 17.1 Å². The Labute approximate surface area is 330 Å². The van der Waals surface area contributed by atoms with Crippen molar-refractivity contribution >= 4 is 71.3 Å². The van der Waals surface area contributed by atoms with Gasteiger partial charge >= 0.3 is 0 Å². The number of pyridine rings is 3.